The van der Waals surface area contributed by atoms with Crippen LogP contribution in [0.2, 0.25) is 5.02 Å². The number of nitrogens with one attached hydrogen (secondary N) is 1. The molecule has 1 atom stereocenters. The van der Waals surface area contributed by atoms with Gasteiger partial charge in [0.05, 0.1) is 0 Å². The molecule has 0 bridgehead atoms. The van der Waals surface area contributed by atoms with Crippen LogP contribution < -0.4 is 15.0 Å². The van der Waals surface area contributed by atoms with Gasteiger partial charge >= 0.3 is 0 Å². The predicted octanol–water partition coefficient (Wildman–Crippen LogP) is 6.05. The third kappa shape index (κ3) is 4.60. The number of para-hydroxylation sites is 1. The van der Waals surface area contributed by atoms with E-state index in [0.717, 1.165) is 33.1 Å². The van der Waals surface area contributed by atoms with Gasteiger partial charge in [0, 0.05) is 47.4 Å². The van der Waals surface area contributed by atoms with Crippen molar-refractivity contribution in [3.8, 4) is 17.1 Å². The zero-order valence-corrected chi connectivity index (χ0v) is 19.8. The molecule has 1 N–H and O–H groups in total. The summed E-state index contributed by atoms with van der Waals surface area (Å²) >= 11 is 7.77. The van der Waals surface area contributed by atoms with E-state index < -0.39 is 6.23 Å². The van der Waals surface area contributed by atoms with Crippen LogP contribution in [0.4, 0.5) is 11.4 Å². The lowest BCUT2D eigenvalue weighted by molar-refractivity contribution is 0.225. The first-order chi connectivity index (χ1) is 16.1. The lowest BCUT2D eigenvalue weighted by atomic mass is 10.1. The molecule has 0 fully saturated rings. The van der Waals surface area contributed by atoms with E-state index in [1.807, 2.05) is 62.6 Å². The first-order valence-corrected chi connectivity index (χ1v) is 11.9. The van der Waals surface area contributed by atoms with E-state index in [-0.39, 0.29) is 0 Å². The Bertz CT molecular complexity index is 1280. The van der Waals surface area contributed by atoms with E-state index in [4.69, 9.17) is 21.3 Å². The van der Waals surface area contributed by atoms with Gasteiger partial charge in [0.15, 0.2) is 11.9 Å². The fraction of sp³-hybridized carbons (Fsp3) is 0.160. The van der Waals surface area contributed by atoms with Crippen molar-refractivity contribution in [1.29, 1.82) is 0 Å². The summed E-state index contributed by atoms with van der Waals surface area (Å²) in [7, 11) is 4.04. The summed E-state index contributed by atoms with van der Waals surface area (Å²) in [4.78, 5) is 6.78. The van der Waals surface area contributed by atoms with Gasteiger partial charge in [-0.05, 0) is 29.8 Å². The van der Waals surface area contributed by atoms with E-state index in [1.165, 1.54) is 11.8 Å². The molecule has 4 aromatic rings. The van der Waals surface area contributed by atoms with Crippen molar-refractivity contribution >= 4 is 34.7 Å². The number of fused-ring (bicyclic) bond motifs is 3. The van der Waals surface area contributed by atoms with Crippen LogP contribution in [0.1, 0.15) is 17.4 Å². The number of anilines is 2. The first kappa shape index (κ1) is 21.6. The Hall–Kier alpha value is -3.29. The van der Waals surface area contributed by atoms with Crippen LogP contribution in [0, 0.1) is 0 Å². The molecule has 1 aliphatic heterocycles. The predicted molar refractivity (Wildman–Crippen MR) is 134 cm³/mol. The smallest absolute Gasteiger partial charge is 0.247 e. The second-order valence-corrected chi connectivity index (χ2v) is 9.15. The number of ether oxygens (including phenoxy) is 1. The topological polar surface area (TPSA) is 63.2 Å². The largest absolute Gasteiger partial charge is 0.448 e. The second kappa shape index (κ2) is 9.29. The summed E-state index contributed by atoms with van der Waals surface area (Å²) in [6.07, 6.45) is -0.415. The molecule has 0 radical (unpaired) electrons. The molecule has 166 valence electrons. The van der Waals surface area contributed by atoms with Crippen LogP contribution in [0.15, 0.2) is 78.0 Å². The van der Waals surface area contributed by atoms with Crippen molar-refractivity contribution in [2.75, 3.05) is 24.3 Å². The minimum Gasteiger partial charge on any atom is -0.448 e. The van der Waals surface area contributed by atoms with Crippen LogP contribution in [0.5, 0.6) is 5.88 Å². The molecule has 2 heterocycles. The lowest BCUT2D eigenvalue weighted by Gasteiger charge is -2.20. The highest BCUT2D eigenvalue weighted by Crippen LogP contribution is 2.40. The van der Waals surface area contributed by atoms with Gasteiger partial charge in [-0.25, -0.2) is 0 Å². The average molecular weight is 476 g/mol. The Morgan fingerprint density at radius 3 is 2.52 bits per heavy atom. The molecular formula is C25H22ClN5OS. The normalized spacial score (nSPS) is 14.3. The molecule has 6 nitrogen and oxygen atoms in total. The zero-order valence-electron chi connectivity index (χ0n) is 18.2. The number of halogens is 1. The fourth-order valence-corrected chi connectivity index (χ4v) is 4.63. The van der Waals surface area contributed by atoms with Gasteiger partial charge in [-0.1, -0.05) is 71.9 Å². The minimum absolute atomic E-state index is 0.415. The Kier molecular flexibility index (Phi) is 6.07. The summed E-state index contributed by atoms with van der Waals surface area (Å²) in [5.41, 5.74) is 5.58. The molecule has 0 aliphatic carbocycles. The summed E-state index contributed by atoms with van der Waals surface area (Å²) in [6.45, 7) is 0. The van der Waals surface area contributed by atoms with E-state index in [1.54, 1.807) is 0 Å². The Balaban J connectivity index is 1.47. The van der Waals surface area contributed by atoms with Gasteiger partial charge in [0.1, 0.15) is 0 Å². The molecule has 8 heteroatoms. The van der Waals surface area contributed by atoms with E-state index in [0.29, 0.717) is 22.5 Å². The molecule has 3 aromatic carbocycles. The van der Waals surface area contributed by atoms with Crippen molar-refractivity contribution in [2.24, 2.45) is 0 Å². The monoisotopic (exact) mass is 475 g/mol. The molecule has 0 unspecified atom stereocenters. The van der Waals surface area contributed by atoms with Crippen LogP contribution in [-0.4, -0.2) is 29.3 Å². The van der Waals surface area contributed by atoms with Crippen molar-refractivity contribution in [2.45, 2.75) is 17.1 Å². The lowest BCUT2D eigenvalue weighted by Crippen LogP contribution is -2.17. The highest BCUT2D eigenvalue weighted by atomic mass is 35.5. The number of thioether (sulfide) groups is 1. The maximum Gasteiger partial charge on any atom is 0.247 e. The molecule has 33 heavy (non-hydrogen) atoms. The molecule has 0 saturated carbocycles. The van der Waals surface area contributed by atoms with E-state index in [9.17, 15) is 0 Å². The van der Waals surface area contributed by atoms with Crippen LogP contribution in [0.25, 0.3) is 11.3 Å². The quantitative estimate of drug-likeness (QED) is 0.352. The van der Waals surface area contributed by atoms with Crippen molar-refractivity contribution in [1.82, 2.24) is 15.2 Å². The van der Waals surface area contributed by atoms with Gasteiger partial charge < -0.3 is 15.0 Å². The van der Waals surface area contributed by atoms with E-state index in [2.05, 4.69) is 44.7 Å². The van der Waals surface area contributed by atoms with Gasteiger partial charge in [0.2, 0.25) is 11.0 Å². The highest BCUT2D eigenvalue weighted by molar-refractivity contribution is 7.98. The van der Waals surface area contributed by atoms with E-state index >= 15 is 0 Å². The Labute approximate surface area is 202 Å². The third-order valence-corrected chi connectivity index (χ3v) is 6.62. The van der Waals surface area contributed by atoms with Crippen LogP contribution in [0.3, 0.4) is 0 Å². The molecule has 0 saturated heterocycles. The van der Waals surface area contributed by atoms with Gasteiger partial charge in [0.25, 0.3) is 0 Å². The number of benzene rings is 3. The molecule has 1 aromatic heterocycles. The maximum absolute atomic E-state index is 6.36. The summed E-state index contributed by atoms with van der Waals surface area (Å²) < 4.78 is 6.36. The zero-order chi connectivity index (χ0) is 22.8. The van der Waals surface area contributed by atoms with Gasteiger partial charge in [-0.15, -0.1) is 10.2 Å². The molecule has 1 aliphatic rings. The number of nitrogens with zero attached hydrogens (tertiary/aromatic N) is 4. The molecule has 5 rings (SSSR count). The van der Waals surface area contributed by atoms with Crippen molar-refractivity contribution in [3.63, 3.8) is 0 Å². The molecular weight excluding hydrogens is 454 g/mol. The highest BCUT2D eigenvalue weighted by Gasteiger charge is 2.26. The SMILES string of the molecule is CN(C)c1ccc([C@@H]2Nc3ccccc3-c3nnc(SCc4ccccc4Cl)nc3O2)cc1. The van der Waals surface area contributed by atoms with Crippen LogP contribution in [-0.2, 0) is 5.75 Å². The number of hydrogen-bond donors (Lipinski definition) is 1. The number of rotatable bonds is 5. The molecule has 0 spiro atoms. The Morgan fingerprint density at radius 1 is 0.970 bits per heavy atom. The van der Waals surface area contributed by atoms with Crippen molar-refractivity contribution in [3.05, 3.63) is 88.9 Å². The van der Waals surface area contributed by atoms with Crippen molar-refractivity contribution < 1.29 is 4.74 Å². The third-order valence-electron chi connectivity index (χ3n) is 5.36. The first-order valence-electron chi connectivity index (χ1n) is 10.5. The van der Waals surface area contributed by atoms with Gasteiger partial charge in [-0.2, -0.15) is 4.98 Å². The second-order valence-electron chi connectivity index (χ2n) is 7.80. The molecule has 0 amide bonds. The summed E-state index contributed by atoms with van der Waals surface area (Å²) in [5, 5.41) is 13.6. The minimum atomic E-state index is -0.415. The number of hydrogen-bond acceptors (Lipinski definition) is 7. The van der Waals surface area contributed by atoms with Gasteiger partial charge in [-0.3, -0.25) is 0 Å². The standard InChI is InChI=1S/C25H22ClN5OS/c1-31(2)18-13-11-16(12-14-18)23-27-21-10-6-4-8-19(21)22-24(32-23)28-25(30-29-22)33-15-17-7-3-5-9-20(17)26/h3-14,23,27H,15H2,1-2H3/t23-/m1/s1. The summed E-state index contributed by atoms with van der Waals surface area (Å²) in [6, 6.07) is 24.0. The average Bonchev–Trinajstić information content (AvgIpc) is 3.00. The Morgan fingerprint density at radius 2 is 1.73 bits per heavy atom. The fourth-order valence-electron chi connectivity index (χ4n) is 3.56. The van der Waals surface area contributed by atoms with Crippen LogP contribution >= 0.6 is 23.4 Å². The number of aromatic nitrogens is 3. The summed E-state index contributed by atoms with van der Waals surface area (Å²) in [5.74, 6) is 1.09. The maximum atomic E-state index is 6.36.